The number of esters is 1. The molecular weight excluding hydrogens is 196 g/mol. The van der Waals surface area contributed by atoms with Gasteiger partial charge in [-0.1, -0.05) is 6.08 Å². The summed E-state index contributed by atoms with van der Waals surface area (Å²) in [4.78, 5) is 19.1. The number of carbonyl (C=O) groups excluding carboxylic acids is 1. The Hall–Kier alpha value is -1.75. The smallest absolute Gasteiger partial charge is 0.338 e. The zero-order valence-electron chi connectivity index (χ0n) is 8.60. The number of methoxy groups -OCH3 is 1. The van der Waals surface area contributed by atoms with Gasteiger partial charge < -0.3 is 9.84 Å². The molecule has 0 bridgehead atoms. The molecule has 0 saturated carbocycles. The van der Waals surface area contributed by atoms with Gasteiger partial charge in [0.15, 0.2) is 0 Å². The number of allylic oxidation sites excluding steroid dienone is 1. The van der Waals surface area contributed by atoms with Crippen molar-refractivity contribution < 1.29 is 14.6 Å². The van der Waals surface area contributed by atoms with Gasteiger partial charge in [0.25, 0.3) is 0 Å². The molecular formula is C10H12N2O3. The molecule has 0 aliphatic heterocycles. The first-order valence-electron chi connectivity index (χ1n) is 4.39. The molecule has 0 amide bonds. The van der Waals surface area contributed by atoms with Crippen LogP contribution in [0.5, 0.6) is 0 Å². The Morgan fingerprint density at radius 1 is 1.67 bits per heavy atom. The van der Waals surface area contributed by atoms with Crippen molar-refractivity contribution in [2.24, 2.45) is 0 Å². The molecule has 5 heteroatoms. The fourth-order valence-electron chi connectivity index (χ4n) is 1.20. The highest BCUT2D eigenvalue weighted by Crippen LogP contribution is 2.17. The van der Waals surface area contributed by atoms with E-state index in [1.165, 1.54) is 19.6 Å². The van der Waals surface area contributed by atoms with Crippen LogP contribution in [0.3, 0.4) is 0 Å². The van der Waals surface area contributed by atoms with E-state index in [1.54, 1.807) is 13.0 Å². The second kappa shape index (κ2) is 5.21. The molecule has 1 heterocycles. The molecule has 1 rings (SSSR count). The van der Waals surface area contributed by atoms with Gasteiger partial charge >= 0.3 is 5.97 Å². The van der Waals surface area contributed by atoms with Crippen molar-refractivity contribution in [2.75, 3.05) is 7.11 Å². The van der Waals surface area contributed by atoms with Gasteiger partial charge in [-0.2, -0.15) is 0 Å². The van der Waals surface area contributed by atoms with E-state index in [2.05, 4.69) is 14.7 Å². The molecule has 0 aliphatic rings. The third-order valence-electron chi connectivity index (χ3n) is 1.93. The minimum atomic E-state index is -0.470. The number of carbonyl (C=O) groups is 1. The lowest BCUT2D eigenvalue weighted by molar-refractivity contribution is -0.133. The number of aromatic nitrogens is 2. The van der Waals surface area contributed by atoms with Crippen LogP contribution in [-0.4, -0.2) is 28.2 Å². The van der Waals surface area contributed by atoms with Crippen LogP contribution >= 0.6 is 0 Å². The van der Waals surface area contributed by atoms with Gasteiger partial charge in [-0.15, -0.1) is 0 Å². The number of nitrogens with zero attached hydrogens (tertiary/aromatic N) is 2. The Morgan fingerprint density at radius 3 is 2.93 bits per heavy atom. The van der Waals surface area contributed by atoms with E-state index in [0.29, 0.717) is 16.8 Å². The number of hydrogen-bond acceptors (Lipinski definition) is 5. The SMILES string of the molecule is C/C=C(/C(=O)OC)c1cncnc1CO. The van der Waals surface area contributed by atoms with Crippen molar-refractivity contribution in [1.82, 2.24) is 9.97 Å². The Balaban J connectivity index is 3.18. The van der Waals surface area contributed by atoms with Gasteiger partial charge in [-0.3, -0.25) is 0 Å². The number of ether oxygens (including phenoxy) is 1. The summed E-state index contributed by atoms with van der Waals surface area (Å²) < 4.78 is 4.61. The lowest BCUT2D eigenvalue weighted by atomic mass is 10.1. The zero-order chi connectivity index (χ0) is 11.3. The molecule has 0 spiro atoms. The maximum Gasteiger partial charge on any atom is 0.338 e. The number of hydrogen-bond donors (Lipinski definition) is 1. The largest absolute Gasteiger partial charge is 0.465 e. The molecule has 0 unspecified atom stereocenters. The molecule has 1 N–H and O–H groups in total. The Kier molecular flexibility index (Phi) is 3.93. The van der Waals surface area contributed by atoms with E-state index in [9.17, 15) is 4.79 Å². The summed E-state index contributed by atoms with van der Waals surface area (Å²) in [5.74, 6) is -0.470. The summed E-state index contributed by atoms with van der Waals surface area (Å²) in [5.41, 5.74) is 1.25. The van der Waals surface area contributed by atoms with E-state index >= 15 is 0 Å². The molecule has 0 radical (unpaired) electrons. The van der Waals surface area contributed by atoms with E-state index in [1.807, 2.05) is 0 Å². The van der Waals surface area contributed by atoms with E-state index in [-0.39, 0.29) is 6.61 Å². The number of rotatable bonds is 3. The monoisotopic (exact) mass is 208 g/mol. The van der Waals surface area contributed by atoms with Crippen molar-refractivity contribution in [3.63, 3.8) is 0 Å². The second-order valence-corrected chi connectivity index (χ2v) is 2.74. The summed E-state index contributed by atoms with van der Waals surface area (Å²) in [7, 11) is 1.30. The second-order valence-electron chi connectivity index (χ2n) is 2.74. The standard InChI is InChI=1S/C10H12N2O3/c1-3-7(10(14)15-2)8-4-11-6-12-9(8)5-13/h3-4,6,13H,5H2,1-2H3/b7-3+. The molecule has 5 nitrogen and oxygen atoms in total. The van der Waals surface area contributed by atoms with Gasteiger partial charge in [-0.25, -0.2) is 14.8 Å². The van der Waals surface area contributed by atoms with Crippen LogP contribution in [0.1, 0.15) is 18.2 Å². The topological polar surface area (TPSA) is 72.3 Å². The predicted molar refractivity (Wildman–Crippen MR) is 53.6 cm³/mol. The maximum atomic E-state index is 11.4. The molecule has 0 atom stereocenters. The summed E-state index contributed by atoms with van der Waals surface area (Å²) in [6.45, 7) is 1.46. The molecule has 1 aromatic heterocycles. The van der Waals surface area contributed by atoms with Crippen molar-refractivity contribution in [3.05, 3.63) is 29.9 Å². The van der Waals surface area contributed by atoms with Gasteiger partial charge in [0.1, 0.15) is 6.33 Å². The van der Waals surface area contributed by atoms with Gasteiger partial charge in [0.2, 0.25) is 0 Å². The fraction of sp³-hybridized carbons (Fsp3) is 0.300. The summed E-state index contributed by atoms with van der Waals surface area (Å²) in [6, 6.07) is 0. The van der Waals surface area contributed by atoms with Crippen LogP contribution in [0.4, 0.5) is 0 Å². The average molecular weight is 208 g/mol. The predicted octanol–water partition coefficient (Wildman–Crippen LogP) is 0.545. The van der Waals surface area contributed by atoms with Crippen LogP contribution in [0, 0.1) is 0 Å². The van der Waals surface area contributed by atoms with Crippen LogP contribution in [0.25, 0.3) is 5.57 Å². The highest BCUT2D eigenvalue weighted by molar-refractivity contribution is 6.16. The van der Waals surface area contributed by atoms with Gasteiger partial charge in [0.05, 0.1) is 25.0 Å². The molecule has 15 heavy (non-hydrogen) atoms. The molecule has 80 valence electrons. The van der Waals surface area contributed by atoms with E-state index < -0.39 is 5.97 Å². The minimum Gasteiger partial charge on any atom is -0.465 e. The van der Waals surface area contributed by atoms with E-state index in [0.717, 1.165) is 0 Å². The highest BCUT2D eigenvalue weighted by atomic mass is 16.5. The molecule has 1 aromatic rings. The third-order valence-corrected chi connectivity index (χ3v) is 1.93. The quantitative estimate of drug-likeness (QED) is 0.580. The Bertz CT molecular complexity index is 388. The van der Waals surface area contributed by atoms with Crippen molar-refractivity contribution >= 4 is 11.5 Å². The first-order valence-corrected chi connectivity index (χ1v) is 4.39. The normalized spacial score (nSPS) is 11.3. The Labute approximate surface area is 87.4 Å². The number of aliphatic hydroxyl groups excluding tert-OH is 1. The average Bonchev–Trinajstić information content (AvgIpc) is 2.30. The van der Waals surface area contributed by atoms with Crippen molar-refractivity contribution in [3.8, 4) is 0 Å². The highest BCUT2D eigenvalue weighted by Gasteiger charge is 2.15. The molecule has 0 saturated heterocycles. The molecule has 0 aromatic carbocycles. The summed E-state index contributed by atoms with van der Waals surface area (Å²) >= 11 is 0. The van der Waals surface area contributed by atoms with Gasteiger partial charge in [0, 0.05) is 11.8 Å². The van der Waals surface area contributed by atoms with Gasteiger partial charge in [-0.05, 0) is 6.92 Å². The summed E-state index contributed by atoms with van der Waals surface area (Å²) in [5, 5.41) is 9.05. The van der Waals surface area contributed by atoms with Crippen molar-refractivity contribution in [2.45, 2.75) is 13.5 Å². The van der Waals surface area contributed by atoms with Crippen molar-refractivity contribution in [1.29, 1.82) is 0 Å². The van der Waals surface area contributed by atoms with Crippen LogP contribution in [-0.2, 0) is 16.1 Å². The zero-order valence-corrected chi connectivity index (χ0v) is 8.60. The maximum absolute atomic E-state index is 11.4. The third kappa shape index (κ3) is 2.38. The lowest BCUT2D eigenvalue weighted by Gasteiger charge is -2.07. The Morgan fingerprint density at radius 2 is 2.40 bits per heavy atom. The first kappa shape index (κ1) is 11.3. The lowest BCUT2D eigenvalue weighted by Crippen LogP contribution is -2.07. The fourth-order valence-corrected chi connectivity index (χ4v) is 1.20. The van der Waals surface area contributed by atoms with Crippen LogP contribution in [0.15, 0.2) is 18.6 Å². The number of aliphatic hydroxyl groups is 1. The minimum absolute atomic E-state index is 0.244. The van der Waals surface area contributed by atoms with E-state index in [4.69, 9.17) is 5.11 Å². The van der Waals surface area contributed by atoms with Crippen LogP contribution < -0.4 is 0 Å². The molecule has 0 fully saturated rings. The molecule has 0 aliphatic carbocycles. The summed E-state index contributed by atoms with van der Waals surface area (Å²) in [6.07, 6.45) is 4.40. The van der Waals surface area contributed by atoms with Crippen LogP contribution in [0.2, 0.25) is 0 Å². The first-order chi connectivity index (χ1) is 7.24.